The predicted octanol–water partition coefficient (Wildman–Crippen LogP) is 2.35. The minimum Gasteiger partial charge on any atom is -0.369 e. The Morgan fingerprint density at radius 1 is 1.26 bits per heavy atom. The van der Waals surface area contributed by atoms with Gasteiger partial charge in [0.05, 0.1) is 18.2 Å². The number of piperazine rings is 1. The Morgan fingerprint density at radius 3 is 2.67 bits per heavy atom. The summed E-state index contributed by atoms with van der Waals surface area (Å²) in [7, 11) is 0. The third-order valence-electron chi connectivity index (χ3n) is 5.34. The number of nitrogens with one attached hydrogen (secondary N) is 2. The third kappa shape index (κ3) is 4.77. The van der Waals surface area contributed by atoms with Crippen molar-refractivity contribution in [2.75, 3.05) is 36.4 Å². The van der Waals surface area contributed by atoms with Gasteiger partial charge in [-0.05, 0) is 51.3 Å². The van der Waals surface area contributed by atoms with Crippen molar-refractivity contribution in [3.63, 3.8) is 0 Å². The number of hydrogen-bond acceptors (Lipinski definition) is 4. The van der Waals surface area contributed by atoms with E-state index >= 15 is 0 Å². The van der Waals surface area contributed by atoms with Gasteiger partial charge in [0.15, 0.2) is 0 Å². The maximum Gasteiger partial charge on any atom is 0.237 e. The second kappa shape index (κ2) is 8.69. The number of halogens is 1. The number of carbonyl (C=O) groups is 2. The second-order valence-electron chi connectivity index (χ2n) is 7.60. The van der Waals surface area contributed by atoms with Crippen LogP contribution >= 0.6 is 0 Å². The number of amides is 2. The van der Waals surface area contributed by atoms with Crippen LogP contribution in [0.5, 0.6) is 0 Å². The van der Waals surface area contributed by atoms with Crippen molar-refractivity contribution in [1.29, 1.82) is 0 Å². The number of rotatable bonds is 5. The summed E-state index contributed by atoms with van der Waals surface area (Å²) in [5, 5.41) is 5.55. The van der Waals surface area contributed by atoms with Gasteiger partial charge in [0.2, 0.25) is 11.8 Å². The fourth-order valence-electron chi connectivity index (χ4n) is 3.92. The monoisotopic (exact) mass is 376 g/mol. The summed E-state index contributed by atoms with van der Waals surface area (Å²) in [5.41, 5.74) is 1.01. The van der Waals surface area contributed by atoms with E-state index in [1.54, 1.807) is 12.1 Å². The number of anilines is 2. The molecule has 0 radical (unpaired) electrons. The molecule has 2 amide bonds. The van der Waals surface area contributed by atoms with Gasteiger partial charge in [0.1, 0.15) is 5.82 Å². The molecule has 6 nitrogen and oxygen atoms in total. The fourth-order valence-corrected chi connectivity index (χ4v) is 3.92. The van der Waals surface area contributed by atoms with Crippen molar-refractivity contribution in [1.82, 2.24) is 10.2 Å². The lowest BCUT2D eigenvalue weighted by atomic mass is 10.1. The molecule has 3 rings (SSSR count). The lowest BCUT2D eigenvalue weighted by molar-refractivity contribution is -0.133. The van der Waals surface area contributed by atoms with Crippen molar-refractivity contribution in [2.24, 2.45) is 0 Å². The minimum atomic E-state index is -0.490. The highest BCUT2D eigenvalue weighted by Crippen LogP contribution is 2.26. The largest absolute Gasteiger partial charge is 0.369 e. The molecule has 7 heteroatoms. The zero-order valence-electron chi connectivity index (χ0n) is 16.1. The van der Waals surface area contributed by atoms with Gasteiger partial charge < -0.3 is 15.5 Å². The normalized spacial score (nSPS) is 21.3. The molecular formula is C20H29FN4O2. The predicted molar refractivity (Wildman–Crippen MR) is 104 cm³/mol. The van der Waals surface area contributed by atoms with Crippen LogP contribution in [0, 0.1) is 5.82 Å². The summed E-state index contributed by atoms with van der Waals surface area (Å²) in [6, 6.07) is 4.50. The highest BCUT2D eigenvalue weighted by atomic mass is 19.1. The van der Waals surface area contributed by atoms with Gasteiger partial charge in [-0.3, -0.25) is 14.5 Å². The van der Waals surface area contributed by atoms with E-state index in [0.717, 1.165) is 32.5 Å². The summed E-state index contributed by atoms with van der Waals surface area (Å²) in [6.45, 7) is 7.07. The Balaban J connectivity index is 1.63. The topological polar surface area (TPSA) is 64.7 Å². The molecule has 0 aromatic heterocycles. The molecule has 1 atom stereocenters. The molecule has 2 saturated heterocycles. The number of nitrogens with zero attached hydrogens (tertiary/aromatic N) is 2. The van der Waals surface area contributed by atoms with Crippen LogP contribution in [-0.4, -0.2) is 55.0 Å². The molecule has 0 bridgehead atoms. The summed E-state index contributed by atoms with van der Waals surface area (Å²) < 4.78 is 14.5. The van der Waals surface area contributed by atoms with E-state index in [-0.39, 0.29) is 30.1 Å². The number of piperidine rings is 1. The van der Waals surface area contributed by atoms with Crippen molar-refractivity contribution >= 4 is 23.2 Å². The molecule has 1 aromatic carbocycles. The van der Waals surface area contributed by atoms with Crippen LogP contribution in [0.1, 0.15) is 39.5 Å². The average Bonchev–Trinajstić information content (AvgIpc) is 2.64. The highest BCUT2D eigenvalue weighted by molar-refractivity contribution is 5.95. The van der Waals surface area contributed by atoms with Crippen molar-refractivity contribution < 1.29 is 14.0 Å². The molecule has 2 heterocycles. The smallest absolute Gasteiger partial charge is 0.237 e. The first-order chi connectivity index (χ1) is 13.0. The molecular weight excluding hydrogens is 347 g/mol. The first-order valence-corrected chi connectivity index (χ1v) is 9.83. The fraction of sp³-hybridized carbons (Fsp3) is 0.600. The van der Waals surface area contributed by atoms with Crippen LogP contribution < -0.4 is 15.5 Å². The van der Waals surface area contributed by atoms with Gasteiger partial charge >= 0.3 is 0 Å². The number of hydrogen-bond donors (Lipinski definition) is 2. The van der Waals surface area contributed by atoms with Crippen LogP contribution in [0.2, 0.25) is 0 Å². The van der Waals surface area contributed by atoms with Gasteiger partial charge in [-0.1, -0.05) is 0 Å². The average molecular weight is 376 g/mol. The van der Waals surface area contributed by atoms with Gasteiger partial charge in [-0.2, -0.15) is 0 Å². The molecule has 0 unspecified atom stereocenters. The van der Waals surface area contributed by atoms with E-state index in [4.69, 9.17) is 0 Å². The molecule has 0 aliphatic carbocycles. The molecule has 0 saturated carbocycles. The van der Waals surface area contributed by atoms with Crippen LogP contribution in [0.3, 0.4) is 0 Å². The van der Waals surface area contributed by atoms with E-state index in [2.05, 4.69) is 15.5 Å². The van der Waals surface area contributed by atoms with Crippen LogP contribution in [0.15, 0.2) is 18.2 Å². The van der Waals surface area contributed by atoms with Crippen molar-refractivity contribution in [3.05, 3.63) is 24.0 Å². The molecule has 2 N–H and O–H groups in total. The Bertz CT molecular complexity index is 689. The van der Waals surface area contributed by atoms with Crippen molar-refractivity contribution in [3.8, 4) is 0 Å². The Kier molecular flexibility index (Phi) is 6.31. The summed E-state index contributed by atoms with van der Waals surface area (Å²) in [6.07, 6.45) is 3.40. The number of benzene rings is 1. The van der Waals surface area contributed by atoms with Crippen LogP contribution in [-0.2, 0) is 9.59 Å². The first-order valence-electron chi connectivity index (χ1n) is 9.83. The van der Waals surface area contributed by atoms with Crippen LogP contribution in [0.25, 0.3) is 0 Å². The zero-order valence-corrected chi connectivity index (χ0v) is 16.1. The Morgan fingerprint density at radius 2 is 2.00 bits per heavy atom. The van der Waals surface area contributed by atoms with Gasteiger partial charge in [-0.15, -0.1) is 0 Å². The molecule has 2 aliphatic rings. The maximum atomic E-state index is 14.5. The standard InChI is InChI=1S/C20H29FN4O2/c1-14(2)25-11-8-22-20(27)18(25)13-19(26)23-15-6-7-17(16(21)12-15)24-9-4-3-5-10-24/h6-7,12,14,18H,3-5,8-11,13H2,1-2H3,(H,22,27)(H,23,26)/t18-/m1/s1. The lowest BCUT2D eigenvalue weighted by Crippen LogP contribution is -2.58. The third-order valence-corrected chi connectivity index (χ3v) is 5.34. The highest BCUT2D eigenvalue weighted by Gasteiger charge is 2.33. The van der Waals surface area contributed by atoms with Gasteiger partial charge in [0.25, 0.3) is 0 Å². The Labute approximate surface area is 160 Å². The van der Waals surface area contributed by atoms with E-state index < -0.39 is 6.04 Å². The molecule has 0 spiro atoms. The van der Waals surface area contributed by atoms with E-state index in [1.807, 2.05) is 18.7 Å². The van der Waals surface area contributed by atoms with Crippen LogP contribution in [0.4, 0.5) is 15.8 Å². The second-order valence-corrected chi connectivity index (χ2v) is 7.60. The molecule has 1 aromatic rings. The summed E-state index contributed by atoms with van der Waals surface area (Å²) in [4.78, 5) is 28.7. The maximum absolute atomic E-state index is 14.5. The lowest BCUT2D eigenvalue weighted by Gasteiger charge is -2.37. The summed E-state index contributed by atoms with van der Waals surface area (Å²) >= 11 is 0. The minimum absolute atomic E-state index is 0.0551. The molecule has 148 valence electrons. The molecule has 2 fully saturated rings. The van der Waals surface area contributed by atoms with E-state index in [0.29, 0.717) is 17.9 Å². The van der Waals surface area contributed by atoms with Gasteiger partial charge in [-0.25, -0.2) is 4.39 Å². The van der Waals surface area contributed by atoms with E-state index in [1.165, 1.54) is 12.5 Å². The zero-order chi connectivity index (χ0) is 19.4. The first kappa shape index (κ1) is 19.6. The van der Waals surface area contributed by atoms with E-state index in [9.17, 15) is 14.0 Å². The van der Waals surface area contributed by atoms with Gasteiger partial charge in [0, 0.05) is 37.9 Å². The quantitative estimate of drug-likeness (QED) is 0.828. The number of carbonyl (C=O) groups excluding carboxylic acids is 2. The molecule has 27 heavy (non-hydrogen) atoms. The van der Waals surface area contributed by atoms with Crippen molar-refractivity contribution in [2.45, 2.75) is 51.6 Å². The molecule has 2 aliphatic heterocycles. The summed E-state index contributed by atoms with van der Waals surface area (Å²) in [5.74, 6) is -0.738. The SMILES string of the molecule is CC(C)N1CCNC(=O)[C@H]1CC(=O)Nc1ccc(N2CCCCC2)c(F)c1. The Hall–Kier alpha value is -2.15.